The zero-order valence-electron chi connectivity index (χ0n) is 13.2. The molecule has 0 radical (unpaired) electrons. The summed E-state index contributed by atoms with van der Waals surface area (Å²) in [6, 6.07) is 12.1. The molecule has 25 heavy (non-hydrogen) atoms. The highest BCUT2D eigenvalue weighted by atomic mass is 35.5. The Kier molecular flexibility index (Phi) is 3.82. The van der Waals surface area contributed by atoms with Crippen LogP contribution in [-0.4, -0.2) is 24.8 Å². The molecule has 0 bridgehead atoms. The number of hydrogen-bond donors (Lipinski definition) is 1. The van der Waals surface area contributed by atoms with Crippen LogP contribution in [0.15, 0.2) is 42.5 Å². The molecule has 1 amide bonds. The van der Waals surface area contributed by atoms with Gasteiger partial charge in [-0.1, -0.05) is 11.6 Å². The first-order valence-electron chi connectivity index (χ1n) is 7.49. The summed E-state index contributed by atoms with van der Waals surface area (Å²) in [6.45, 7) is 0.143. The molecule has 0 spiro atoms. The predicted octanol–water partition coefficient (Wildman–Crippen LogP) is 3.88. The van der Waals surface area contributed by atoms with Gasteiger partial charge in [0.2, 0.25) is 12.7 Å². The molecule has 4 rings (SSSR count). The maximum absolute atomic E-state index is 12.5. The van der Waals surface area contributed by atoms with E-state index in [0.29, 0.717) is 33.7 Å². The number of carbonyl (C=O) groups excluding carboxylic acids is 1. The number of benzene rings is 2. The van der Waals surface area contributed by atoms with Gasteiger partial charge in [-0.25, -0.2) is 4.98 Å². The van der Waals surface area contributed by atoms with Crippen LogP contribution in [0.25, 0.3) is 10.9 Å². The Labute approximate surface area is 148 Å². The quantitative estimate of drug-likeness (QED) is 0.771. The number of carbonyl (C=O) groups is 1. The number of nitrogens with one attached hydrogen (secondary N) is 1. The second-order valence-corrected chi connectivity index (χ2v) is 5.81. The number of rotatable bonds is 3. The van der Waals surface area contributed by atoms with Crippen molar-refractivity contribution in [3.05, 3.63) is 53.1 Å². The molecular formula is C18H13ClN2O4. The van der Waals surface area contributed by atoms with Crippen molar-refractivity contribution in [1.82, 2.24) is 4.98 Å². The van der Waals surface area contributed by atoms with E-state index in [-0.39, 0.29) is 12.7 Å². The summed E-state index contributed by atoms with van der Waals surface area (Å²) in [7, 11) is 1.56. The second kappa shape index (κ2) is 6.14. The van der Waals surface area contributed by atoms with Gasteiger partial charge in [0.25, 0.3) is 5.91 Å². The average molecular weight is 357 g/mol. The number of halogens is 1. The normalized spacial score (nSPS) is 12.2. The molecule has 3 aromatic rings. The molecule has 0 unspecified atom stereocenters. The Hall–Kier alpha value is -2.99. The number of anilines is 1. The lowest BCUT2D eigenvalue weighted by molar-refractivity contribution is 0.102. The maximum Gasteiger partial charge on any atom is 0.255 e. The summed E-state index contributed by atoms with van der Waals surface area (Å²) in [6.07, 6.45) is 0. The van der Waals surface area contributed by atoms with Gasteiger partial charge < -0.3 is 19.5 Å². The van der Waals surface area contributed by atoms with Crippen LogP contribution in [-0.2, 0) is 0 Å². The van der Waals surface area contributed by atoms with Crippen molar-refractivity contribution in [1.29, 1.82) is 0 Å². The van der Waals surface area contributed by atoms with E-state index in [1.165, 1.54) is 0 Å². The molecule has 1 aromatic heterocycles. The Balaban J connectivity index is 1.62. The van der Waals surface area contributed by atoms with Crippen LogP contribution in [0.4, 0.5) is 5.69 Å². The fourth-order valence-corrected chi connectivity index (χ4v) is 2.77. The van der Waals surface area contributed by atoms with Crippen LogP contribution < -0.4 is 19.5 Å². The molecule has 0 saturated carbocycles. The summed E-state index contributed by atoms with van der Waals surface area (Å²) < 4.78 is 15.7. The molecule has 7 heteroatoms. The van der Waals surface area contributed by atoms with Crippen LogP contribution in [0.2, 0.25) is 5.02 Å². The Morgan fingerprint density at radius 2 is 1.96 bits per heavy atom. The highest BCUT2D eigenvalue weighted by molar-refractivity contribution is 6.34. The van der Waals surface area contributed by atoms with Gasteiger partial charge in [-0.05, 0) is 24.3 Å². The third kappa shape index (κ3) is 2.92. The SMILES string of the molecule is COc1ccc2cc(C(=O)Nc3cc4c(cc3Cl)OCO4)ccc2n1. The van der Waals surface area contributed by atoms with Crippen molar-refractivity contribution in [2.24, 2.45) is 0 Å². The van der Waals surface area contributed by atoms with Crippen LogP contribution in [0.5, 0.6) is 17.4 Å². The fourth-order valence-electron chi connectivity index (χ4n) is 2.57. The molecule has 1 aliphatic rings. The molecule has 126 valence electrons. The maximum atomic E-state index is 12.5. The van der Waals surface area contributed by atoms with E-state index in [2.05, 4.69) is 10.3 Å². The zero-order valence-corrected chi connectivity index (χ0v) is 14.0. The van der Waals surface area contributed by atoms with Gasteiger partial charge in [-0.15, -0.1) is 0 Å². The van der Waals surface area contributed by atoms with Crippen LogP contribution in [0.3, 0.4) is 0 Å². The summed E-state index contributed by atoms with van der Waals surface area (Å²) in [5.74, 6) is 1.36. The molecule has 0 aliphatic carbocycles. The molecule has 2 heterocycles. The molecule has 6 nitrogen and oxygen atoms in total. The fraction of sp³-hybridized carbons (Fsp3) is 0.111. The number of fused-ring (bicyclic) bond motifs is 2. The van der Waals surface area contributed by atoms with E-state index in [9.17, 15) is 4.79 Å². The van der Waals surface area contributed by atoms with Gasteiger partial charge in [-0.3, -0.25) is 4.79 Å². The van der Waals surface area contributed by atoms with Gasteiger partial charge in [0.15, 0.2) is 11.5 Å². The molecular weight excluding hydrogens is 344 g/mol. The molecule has 2 aromatic carbocycles. The van der Waals surface area contributed by atoms with E-state index >= 15 is 0 Å². The largest absolute Gasteiger partial charge is 0.481 e. The van der Waals surface area contributed by atoms with E-state index in [0.717, 1.165) is 10.9 Å². The Morgan fingerprint density at radius 1 is 1.16 bits per heavy atom. The molecule has 0 fully saturated rings. The van der Waals surface area contributed by atoms with Gasteiger partial charge in [0, 0.05) is 29.1 Å². The van der Waals surface area contributed by atoms with Gasteiger partial charge in [0.05, 0.1) is 23.3 Å². The predicted molar refractivity (Wildman–Crippen MR) is 93.8 cm³/mol. The number of amides is 1. The lowest BCUT2D eigenvalue weighted by Gasteiger charge is -2.09. The highest BCUT2D eigenvalue weighted by Gasteiger charge is 2.18. The topological polar surface area (TPSA) is 69.7 Å². The van der Waals surface area contributed by atoms with Crippen LogP contribution >= 0.6 is 11.6 Å². The molecule has 0 saturated heterocycles. The minimum Gasteiger partial charge on any atom is -0.481 e. The summed E-state index contributed by atoms with van der Waals surface area (Å²) in [4.78, 5) is 16.9. The standard InChI is InChI=1S/C18H13ClN2O4/c1-23-17-5-3-10-6-11(2-4-13(10)20-17)18(22)21-14-8-16-15(7-12(14)19)24-9-25-16/h2-8H,9H2,1H3,(H,21,22). The first-order valence-corrected chi connectivity index (χ1v) is 7.87. The summed E-state index contributed by atoms with van der Waals surface area (Å²) in [5, 5.41) is 4.01. The number of methoxy groups -OCH3 is 1. The number of ether oxygens (including phenoxy) is 3. The van der Waals surface area contributed by atoms with Crippen molar-refractivity contribution in [3.8, 4) is 17.4 Å². The minimum absolute atomic E-state index is 0.143. The lowest BCUT2D eigenvalue weighted by Crippen LogP contribution is -2.12. The third-order valence-electron chi connectivity index (χ3n) is 3.85. The smallest absolute Gasteiger partial charge is 0.255 e. The van der Waals surface area contributed by atoms with E-state index in [1.54, 1.807) is 43.5 Å². The Bertz CT molecular complexity index is 990. The van der Waals surface area contributed by atoms with Crippen LogP contribution in [0, 0.1) is 0 Å². The number of pyridine rings is 1. The van der Waals surface area contributed by atoms with Crippen molar-refractivity contribution in [2.75, 3.05) is 19.2 Å². The highest BCUT2D eigenvalue weighted by Crippen LogP contribution is 2.39. The molecule has 0 atom stereocenters. The average Bonchev–Trinajstić information content (AvgIpc) is 3.08. The third-order valence-corrected chi connectivity index (χ3v) is 4.16. The van der Waals surface area contributed by atoms with Gasteiger partial charge >= 0.3 is 0 Å². The van der Waals surface area contributed by atoms with Crippen molar-refractivity contribution in [2.45, 2.75) is 0 Å². The summed E-state index contributed by atoms with van der Waals surface area (Å²) >= 11 is 6.19. The first kappa shape index (κ1) is 15.5. The number of hydrogen-bond acceptors (Lipinski definition) is 5. The summed E-state index contributed by atoms with van der Waals surface area (Å²) in [5.41, 5.74) is 1.70. The van der Waals surface area contributed by atoms with Crippen molar-refractivity contribution in [3.63, 3.8) is 0 Å². The van der Waals surface area contributed by atoms with Crippen LogP contribution in [0.1, 0.15) is 10.4 Å². The molecule has 1 aliphatic heterocycles. The lowest BCUT2D eigenvalue weighted by atomic mass is 10.1. The Morgan fingerprint density at radius 3 is 2.76 bits per heavy atom. The van der Waals surface area contributed by atoms with Gasteiger partial charge in [-0.2, -0.15) is 0 Å². The van der Waals surface area contributed by atoms with E-state index in [4.69, 9.17) is 25.8 Å². The number of aromatic nitrogens is 1. The second-order valence-electron chi connectivity index (χ2n) is 5.40. The van der Waals surface area contributed by atoms with Crippen molar-refractivity contribution < 1.29 is 19.0 Å². The van der Waals surface area contributed by atoms with E-state index in [1.807, 2.05) is 6.07 Å². The molecule has 1 N–H and O–H groups in total. The minimum atomic E-state index is -0.279. The van der Waals surface area contributed by atoms with E-state index < -0.39 is 0 Å². The zero-order chi connectivity index (χ0) is 17.4. The monoisotopic (exact) mass is 356 g/mol. The van der Waals surface area contributed by atoms with Crippen molar-refractivity contribution >= 4 is 34.1 Å². The first-order chi connectivity index (χ1) is 12.1. The van der Waals surface area contributed by atoms with Gasteiger partial charge in [0.1, 0.15) is 0 Å². The number of nitrogens with zero attached hydrogens (tertiary/aromatic N) is 1.